The largest absolute Gasteiger partial charge is 0.573 e. The first kappa shape index (κ1) is 23.4. The van der Waals surface area contributed by atoms with Crippen molar-refractivity contribution in [3.8, 4) is 5.75 Å². The molecule has 0 amide bonds. The maximum Gasteiger partial charge on any atom is 0.573 e. The van der Waals surface area contributed by atoms with E-state index in [1.54, 1.807) is 17.8 Å². The molecular weight excluding hydrogens is 473 g/mol. The van der Waals surface area contributed by atoms with E-state index in [0.717, 1.165) is 24.1 Å². The second-order valence-corrected chi connectivity index (χ2v) is 9.41. The lowest BCUT2D eigenvalue weighted by atomic mass is 10.1. The van der Waals surface area contributed by atoms with Gasteiger partial charge in [-0.1, -0.05) is 11.3 Å². The lowest BCUT2D eigenvalue weighted by Gasteiger charge is -2.07. The Morgan fingerprint density at radius 1 is 1.15 bits per heavy atom. The molecule has 4 aromatic rings. The molecule has 174 valence electrons. The van der Waals surface area contributed by atoms with Gasteiger partial charge >= 0.3 is 6.36 Å². The number of hydrogen-bond acceptors (Lipinski definition) is 7. The molecule has 11 heteroatoms. The number of benzene rings is 2. The van der Waals surface area contributed by atoms with E-state index in [0.29, 0.717) is 38.8 Å². The van der Waals surface area contributed by atoms with E-state index < -0.39 is 6.36 Å². The number of alkyl halides is 3. The quantitative estimate of drug-likeness (QED) is 0.210. The molecule has 6 nitrogen and oxygen atoms in total. The summed E-state index contributed by atoms with van der Waals surface area (Å²) in [4.78, 5) is 21.5. The van der Waals surface area contributed by atoms with E-state index in [1.165, 1.54) is 29.5 Å². The van der Waals surface area contributed by atoms with Gasteiger partial charge in [0.1, 0.15) is 5.75 Å². The number of rotatable bonds is 9. The Hall–Kier alpha value is -2.79. The van der Waals surface area contributed by atoms with Crippen LogP contribution in [-0.2, 0) is 7.05 Å². The van der Waals surface area contributed by atoms with Crippen LogP contribution in [0, 0.1) is 0 Å². The number of Topliss-reactive ketones (excluding diaryl/α,β-unsaturated/α-hetero) is 1. The molecular formula is C22H21F3N4O2S2. The normalized spacial score (nSPS) is 11.9. The molecule has 0 fully saturated rings. The lowest BCUT2D eigenvalue weighted by molar-refractivity contribution is -0.274. The van der Waals surface area contributed by atoms with Crippen molar-refractivity contribution in [2.24, 2.45) is 7.05 Å². The number of ketones is 1. The van der Waals surface area contributed by atoms with Gasteiger partial charge in [0, 0.05) is 25.1 Å². The van der Waals surface area contributed by atoms with E-state index in [4.69, 9.17) is 0 Å². The van der Waals surface area contributed by atoms with Crippen LogP contribution in [0.2, 0.25) is 0 Å². The zero-order valence-electron chi connectivity index (χ0n) is 17.9. The van der Waals surface area contributed by atoms with E-state index in [1.807, 2.05) is 23.7 Å². The van der Waals surface area contributed by atoms with Crippen LogP contribution in [0.1, 0.15) is 29.6 Å². The highest BCUT2D eigenvalue weighted by Crippen LogP contribution is 2.33. The molecule has 1 N–H and O–H groups in total. The van der Waals surface area contributed by atoms with Crippen molar-refractivity contribution in [2.75, 3.05) is 17.3 Å². The van der Waals surface area contributed by atoms with Crippen molar-refractivity contribution in [1.29, 1.82) is 0 Å². The van der Waals surface area contributed by atoms with Crippen LogP contribution in [0.3, 0.4) is 0 Å². The number of halogens is 3. The minimum Gasteiger partial charge on any atom is -0.406 e. The van der Waals surface area contributed by atoms with Gasteiger partial charge in [-0.15, -0.1) is 13.2 Å². The fraction of sp³-hybridized carbons (Fsp3) is 0.318. The number of ether oxygens (including phenoxy) is 1. The summed E-state index contributed by atoms with van der Waals surface area (Å²) >= 11 is 2.97. The number of unbranched alkanes of at least 4 members (excludes halogenated alkanes) is 1. The van der Waals surface area contributed by atoms with Gasteiger partial charge < -0.3 is 14.6 Å². The molecule has 33 heavy (non-hydrogen) atoms. The second-order valence-electron chi connectivity index (χ2n) is 7.39. The van der Waals surface area contributed by atoms with Crippen molar-refractivity contribution in [3.63, 3.8) is 0 Å². The fourth-order valence-electron chi connectivity index (χ4n) is 3.41. The number of aryl methyl sites for hydroxylation is 1. The number of carbonyl (C=O) groups excluding carboxylic acids is 1. The monoisotopic (exact) mass is 494 g/mol. The van der Waals surface area contributed by atoms with Crippen LogP contribution < -0.4 is 10.1 Å². The summed E-state index contributed by atoms with van der Waals surface area (Å²) in [5.74, 6) is 1.37. The highest BCUT2D eigenvalue weighted by atomic mass is 32.2. The summed E-state index contributed by atoms with van der Waals surface area (Å²) < 4.78 is 43.8. The number of aromatic nitrogens is 3. The number of nitrogens with zero attached hydrogens (tertiary/aromatic N) is 3. The van der Waals surface area contributed by atoms with Gasteiger partial charge in [-0.25, -0.2) is 9.97 Å². The highest BCUT2D eigenvalue weighted by molar-refractivity contribution is 7.98. The number of anilines is 2. The van der Waals surface area contributed by atoms with Gasteiger partial charge in [-0.05, 0) is 55.2 Å². The molecule has 2 aromatic heterocycles. The SMILES string of the molecule is CSCCCCC(=O)c1ccc2c(c1)nc(Nc1nc3ccc(OC(F)(F)F)cc3s1)n2C. The fourth-order valence-corrected chi connectivity index (χ4v) is 4.79. The first-order chi connectivity index (χ1) is 15.7. The smallest absolute Gasteiger partial charge is 0.406 e. The maximum atomic E-state index is 12.5. The minimum atomic E-state index is -4.75. The van der Waals surface area contributed by atoms with Gasteiger partial charge in [-0.3, -0.25) is 4.79 Å². The average molecular weight is 495 g/mol. The number of nitrogens with one attached hydrogen (secondary N) is 1. The van der Waals surface area contributed by atoms with Gasteiger partial charge in [0.25, 0.3) is 0 Å². The van der Waals surface area contributed by atoms with Crippen LogP contribution in [0.5, 0.6) is 5.75 Å². The summed E-state index contributed by atoms with van der Waals surface area (Å²) in [6.45, 7) is 0. The van der Waals surface area contributed by atoms with Crippen molar-refractivity contribution >= 4 is 61.2 Å². The van der Waals surface area contributed by atoms with Crippen molar-refractivity contribution < 1.29 is 22.7 Å². The molecule has 0 atom stereocenters. The number of imidazole rings is 1. The van der Waals surface area contributed by atoms with Crippen molar-refractivity contribution in [2.45, 2.75) is 25.6 Å². The Kier molecular flexibility index (Phi) is 6.80. The Bertz CT molecular complexity index is 1300. The van der Waals surface area contributed by atoms with Crippen LogP contribution in [0.25, 0.3) is 21.3 Å². The van der Waals surface area contributed by atoms with Gasteiger partial charge in [0.2, 0.25) is 5.95 Å². The predicted molar refractivity (Wildman–Crippen MR) is 127 cm³/mol. The van der Waals surface area contributed by atoms with E-state index >= 15 is 0 Å². The molecule has 0 aliphatic rings. The highest BCUT2D eigenvalue weighted by Gasteiger charge is 2.31. The standard InChI is InChI=1S/C22H21F3N4O2S2/c1-29-17-9-6-13(18(30)5-3-4-10-32-2)11-16(17)26-20(29)28-21-27-15-8-7-14(12-19(15)33-21)31-22(23,24)25/h6-9,11-12H,3-5,10H2,1-2H3,(H,26,27,28). The third kappa shape index (κ3) is 5.59. The van der Waals surface area contributed by atoms with Gasteiger partial charge in [0.15, 0.2) is 10.9 Å². The third-order valence-corrected chi connectivity index (χ3v) is 6.65. The topological polar surface area (TPSA) is 69.0 Å². The molecule has 0 bridgehead atoms. The summed E-state index contributed by atoms with van der Waals surface area (Å²) in [6, 6.07) is 9.47. The Morgan fingerprint density at radius 3 is 2.73 bits per heavy atom. The number of thioether (sulfide) groups is 1. The molecule has 0 unspecified atom stereocenters. The van der Waals surface area contributed by atoms with Crippen LogP contribution in [0.15, 0.2) is 36.4 Å². The summed E-state index contributed by atoms with van der Waals surface area (Å²) in [5.41, 5.74) is 2.70. The molecule has 0 spiro atoms. The molecule has 0 aliphatic carbocycles. The molecule has 0 radical (unpaired) electrons. The molecule has 0 aliphatic heterocycles. The number of fused-ring (bicyclic) bond motifs is 2. The maximum absolute atomic E-state index is 12.5. The zero-order chi connectivity index (χ0) is 23.6. The summed E-state index contributed by atoms with van der Waals surface area (Å²) in [5, 5.41) is 3.61. The molecule has 2 aromatic carbocycles. The Morgan fingerprint density at radius 2 is 1.97 bits per heavy atom. The van der Waals surface area contributed by atoms with E-state index in [9.17, 15) is 18.0 Å². The Balaban J connectivity index is 1.53. The number of thiazole rings is 1. The zero-order valence-corrected chi connectivity index (χ0v) is 19.5. The molecule has 0 saturated carbocycles. The average Bonchev–Trinajstić information content (AvgIpc) is 3.29. The van der Waals surface area contributed by atoms with Crippen LogP contribution in [-0.4, -0.2) is 38.7 Å². The number of carbonyl (C=O) groups is 1. The number of hydrogen-bond donors (Lipinski definition) is 1. The first-order valence-corrected chi connectivity index (χ1v) is 12.4. The summed E-state index contributed by atoms with van der Waals surface area (Å²) in [6.07, 6.45) is -0.313. The Labute approximate surface area is 196 Å². The molecule has 2 heterocycles. The first-order valence-electron chi connectivity index (χ1n) is 10.2. The van der Waals surface area contributed by atoms with E-state index in [2.05, 4.69) is 26.3 Å². The third-order valence-electron chi connectivity index (χ3n) is 5.02. The summed E-state index contributed by atoms with van der Waals surface area (Å²) in [7, 11) is 1.84. The van der Waals surface area contributed by atoms with Gasteiger partial charge in [-0.2, -0.15) is 11.8 Å². The minimum absolute atomic E-state index is 0.0984. The lowest BCUT2D eigenvalue weighted by Crippen LogP contribution is -2.16. The molecule has 0 saturated heterocycles. The van der Waals surface area contributed by atoms with Crippen molar-refractivity contribution in [1.82, 2.24) is 14.5 Å². The predicted octanol–water partition coefficient (Wildman–Crippen LogP) is 6.54. The molecule has 4 rings (SSSR count). The van der Waals surface area contributed by atoms with Crippen LogP contribution in [0.4, 0.5) is 24.3 Å². The second kappa shape index (κ2) is 9.60. The van der Waals surface area contributed by atoms with E-state index in [-0.39, 0.29) is 11.5 Å². The van der Waals surface area contributed by atoms with Crippen LogP contribution >= 0.6 is 23.1 Å². The van der Waals surface area contributed by atoms with Crippen molar-refractivity contribution in [3.05, 3.63) is 42.0 Å². The van der Waals surface area contributed by atoms with Gasteiger partial charge in [0.05, 0.1) is 21.3 Å².